The minimum absolute atomic E-state index is 0.316. The van der Waals surface area contributed by atoms with Crippen molar-refractivity contribution in [1.29, 1.82) is 0 Å². The molecule has 7 unspecified atom stereocenters. The molecule has 1 saturated carbocycles. The molecule has 13 nitrogen and oxygen atoms in total. The Kier molecular flexibility index (Phi) is 22.3. The van der Waals surface area contributed by atoms with Crippen LogP contribution in [0.4, 0.5) is 0 Å². The van der Waals surface area contributed by atoms with E-state index in [2.05, 4.69) is 29.5 Å². The summed E-state index contributed by atoms with van der Waals surface area (Å²) in [6, 6.07) is -1.18. The van der Waals surface area contributed by atoms with Crippen molar-refractivity contribution in [3.8, 4) is 0 Å². The Morgan fingerprint density at radius 1 is 0.807 bits per heavy atom. The highest BCUT2D eigenvalue weighted by Gasteiger charge is 2.45. The highest BCUT2D eigenvalue weighted by Crippen LogP contribution is 2.51. The van der Waals surface area contributed by atoms with E-state index in [0.29, 0.717) is 24.8 Å². The summed E-state index contributed by atoms with van der Waals surface area (Å²) in [6.07, 6.45) is 26.4. The number of allylic oxidation sites excluding steroid dienone is 2. The van der Waals surface area contributed by atoms with Gasteiger partial charge in [0, 0.05) is 6.54 Å². The fraction of sp³-hybridized carbons (Fsp3) is 0.932. The van der Waals surface area contributed by atoms with Crippen LogP contribution in [0.2, 0.25) is 0 Å². The predicted octanol–water partition coefficient (Wildman–Crippen LogP) is 6.26. The number of aryl methyl sites for hydroxylation is 1. The van der Waals surface area contributed by atoms with Gasteiger partial charge in [0.1, 0.15) is 36.6 Å². The molecule has 330 valence electrons. The van der Waals surface area contributed by atoms with Crippen LogP contribution in [0.5, 0.6) is 0 Å². The van der Waals surface area contributed by atoms with Crippen LogP contribution in [0.15, 0.2) is 16.9 Å². The maximum absolute atomic E-state index is 13.5. The number of fused-ring (bicyclic) bond motifs is 2. The fourth-order valence-electron chi connectivity index (χ4n) is 9.46. The van der Waals surface area contributed by atoms with Gasteiger partial charge in [0.05, 0.1) is 19.3 Å². The van der Waals surface area contributed by atoms with Crippen molar-refractivity contribution in [1.82, 2.24) is 19.8 Å². The van der Waals surface area contributed by atoms with Gasteiger partial charge in [0.15, 0.2) is 6.29 Å². The highest BCUT2D eigenvalue weighted by molar-refractivity contribution is 5.01. The molecule has 13 heteroatoms. The maximum Gasteiger partial charge on any atom is 0.364 e. The number of hydrogen-bond donors (Lipinski definition) is 6. The molecule has 1 aromatic heterocycles. The summed E-state index contributed by atoms with van der Waals surface area (Å²) in [6.45, 7) is 1.56. The van der Waals surface area contributed by atoms with Gasteiger partial charge < -0.3 is 40.1 Å². The van der Waals surface area contributed by atoms with E-state index in [1.54, 1.807) is 0 Å². The number of tetrazole rings is 1. The smallest absolute Gasteiger partial charge is 0.364 e. The first kappa shape index (κ1) is 48.0. The van der Waals surface area contributed by atoms with Crippen molar-refractivity contribution in [2.75, 3.05) is 13.2 Å². The number of rotatable bonds is 31. The first-order valence-corrected chi connectivity index (χ1v) is 23.1. The standard InChI is InChI=1S/C44H80N4O9/c1-2-3-4-5-6-7-8-9-10-13-16-19-25-36(50)38(51)35(33-56-42-41(54)40(53)39(52)37(32-49)57-42)48-43(55)47(45-46-48)30-23-18-15-12-11-14-17-21-27-44-28-22-20-24-34(31-44)26-29-44/h20,22,34-42,49-54H,2-19,21,23-33H2,1H3/t34?,35-,36+,37?,38-,39?,40?,41?,42?,44?/m0/s1. The van der Waals surface area contributed by atoms with E-state index in [1.807, 2.05) is 0 Å². The molecule has 2 heterocycles. The molecule has 3 aliphatic rings. The van der Waals surface area contributed by atoms with Crippen LogP contribution in [0, 0.1) is 11.3 Å². The normalized spacial score (nSPS) is 27.8. The summed E-state index contributed by atoms with van der Waals surface area (Å²) < 4.78 is 13.5. The lowest BCUT2D eigenvalue weighted by Gasteiger charge is -2.40. The molecule has 2 aliphatic carbocycles. The minimum Gasteiger partial charge on any atom is -0.394 e. The van der Waals surface area contributed by atoms with Crippen molar-refractivity contribution in [2.45, 2.75) is 236 Å². The number of ether oxygens (including phenoxy) is 2. The van der Waals surface area contributed by atoms with Crippen LogP contribution in [0.1, 0.15) is 186 Å². The predicted molar refractivity (Wildman–Crippen MR) is 220 cm³/mol. The largest absolute Gasteiger partial charge is 0.394 e. The molecule has 4 rings (SSSR count). The molecular weight excluding hydrogens is 729 g/mol. The van der Waals surface area contributed by atoms with Crippen molar-refractivity contribution < 1.29 is 40.1 Å². The van der Waals surface area contributed by atoms with Crippen molar-refractivity contribution in [2.24, 2.45) is 11.3 Å². The highest BCUT2D eigenvalue weighted by atomic mass is 16.7. The number of hydrogen-bond acceptors (Lipinski definition) is 11. The molecule has 1 aromatic rings. The Morgan fingerprint density at radius 3 is 2.07 bits per heavy atom. The van der Waals surface area contributed by atoms with Gasteiger partial charge in [-0.1, -0.05) is 141 Å². The molecule has 0 radical (unpaired) electrons. The van der Waals surface area contributed by atoms with Gasteiger partial charge in [-0.05, 0) is 73.1 Å². The van der Waals surface area contributed by atoms with Crippen LogP contribution in [-0.4, -0.2) is 107 Å². The average molecular weight is 809 g/mol. The third-order valence-electron chi connectivity index (χ3n) is 13.2. The number of aliphatic hydroxyl groups excluding tert-OH is 6. The lowest BCUT2D eigenvalue weighted by molar-refractivity contribution is -0.304. The zero-order chi connectivity index (χ0) is 40.9. The van der Waals surface area contributed by atoms with Crippen molar-refractivity contribution in [3.63, 3.8) is 0 Å². The Bertz CT molecular complexity index is 1290. The second kappa shape index (κ2) is 26.5. The monoisotopic (exact) mass is 809 g/mol. The lowest BCUT2D eigenvalue weighted by Crippen LogP contribution is -2.59. The molecule has 0 aromatic carbocycles. The zero-order valence-corrected chi connectivity index (χ0v) is 35.3. The second-order valence-corrected chi connectivity index (χ2v) is 17.9. The second-order valence-electron chi connectivity index (χ2n) is 17.9. The quantitative estimate of drug-likeness (QED) is 0.0367. The van der Waals surface area contributed by atoms with Gasteiger partial charge >= 0.3 is 5.69 Å². The Hall–Kier alpha value is -1.71. The number of aliphatic hydroxyl groups is 6. The van der Waals surface area contributed by atoms with Gasteiger partial charge in [-0.15, -0.1) is 0 Å². The van der Waals surface area contributed by atoms with Crippen LogP contribution in [-0.2, 0) is 16.0 Å². The van der Waals surface area contributed by atoms with Crippen molar-refractivity contribution in [3.05, 3.63) is 22.6 Å². The van der Waals surface area contributed by atoms with Crippen LogP contribution < -0.4 is 5.69 Å². The molecule has 10 atom stereocenters. The molecule has 2 bridgehead atoms. The summed E-state index contributed by atoms with van der Waals surface area (Å²) in [7, 11) is 0. The van der Waals surface area contributed by atoms with Crippen LogP contribution in [0.25, 0.3) is 0 Å². The maximum atomic E-state index is 13.5. The minimum atomic E-state index is -1.65. The molecule has 1 saturated heterocycles. The lowest BCUT2D eigenvalue weighted by atomic mass is 9.78. The summed E-state index contributed by atoms with van der Waals surface area (Å²) in [5.41, 5.74) is 0.0323. The fourth-order valence-corrected chi connectivity index (χ4v) is 9.46. The molecule has 2 fully saturated rings. The van der Waals surface area contributed by atoms with E-state index in [4.69, 9.17) is 9.47 Å². The topological polar surface area (TPSA) is 193 Å². The SMILES string of the molecule is CCCCCCCCCCCCCC[C@@H](O)[C@@H](O)[C@H](COC1OC(CO)C(O)C(O)C1O)n1nnn(CCCCCCCCCCC23CC=CCC(CC2)C3)c1=O. The van der Waals surface area contributed by atoms with Gasteiger partial charge in [-0.2, -0.15) is 9.36 Å². The van der Waals surface area contributed by atoms with Gasteiger partial charge in [0.2, 0.25) is 0 Å². The summed E-state index contributed by atoms with van der Waals surface area (Å²) >= 11 is 0. The Morgan fingerprint density at radius 2 is 1.42 bits per heavy atom. The van der Waals surface area contributed by atoms with E-state index in [0.717, 1.165) is 55.5 Å². The molecular formula is C44H80N4O9. The van der Waals surface area contributed by atoms with E-state index in [9.17, 15) is 35.4 Å². The van der Waals surface area contributed by atoms with E-state index < -0.39 is 67.9 Å². The molecule has 57 heavy (non-hydrogen) atoms. The van der Waals surface area contributed by atoms with Gasteiger partial charge in [-0.25, -0.2) is 4.79 Å². The van der Waals surface area contributed by atoms with Crippen molar-refractivity contribution >= 4 is 0 Å². The average Bonchev–Trinajstić information content (AvgIpc) is 3.71. The summed E-state index contributed by atoms with van der Waals surface area (Å²) in [5.74, 6) is 0.919. The first-order chi connectivity index (χ1) is 27.7. The van der Waals surface area contributed by atoms with E-state index in [1.165, 1.54) is 120 Å². The zero-order valence-electron chi connectivity index (χ0n) is 35.3. The number of aromatic nitrogens is 4. The van der Waals surface area contributed by atoms with Crippen LogP contribution >= 0.6 is 0 Å². The first-order valence-electron chi connectivity index (χ1n) is 23.1. The third kappa shape index (κ3) is 15.7. The summed E-state index contributed by atoms with van der Waals surface area (Å²) in [5, 5.41) is 71.2. The van der Waals surface area contributed by atoms with Crippen LogP contribution in [0.3, 0.4) is 0 Å². The third-order valence-corrected chi connectivity index (χ3v) is 13.2. The van der Waals surface area contributed by atoms with E-state index in [-0.39, 0.29) is 0 Å². The molecule has 6 N–H and O–H groups in total. The molecule has 0 spiro atoms. The van der Waals surface area contributed by atoms with E-state index >= 15 is 0 Å². The molecule has 1 aliphatic heterocycles. The molecule has 0 amide bonds. The Labute approximate surface area is 342 Å². The Balaban J connectivity index is 1.20. The van der Waals surface area contributed by atoms with Gasteiger partial charge in [0.25, 0.3) is 0 Å². The number of nitrogens with zero attached hydrogens (tertiary/aromatic N) is 4. The summed E-state index contributed by atoms with van der Waals surface area (Å²) in [4.78, 5) is 13.5. The number of unbranched alkanes of at least 4 members (excludes halogenated alkanes) is 18. The van der Waals surface area contributed by atoms with Gasteiger partial charge in [-0.3, -0.25) is 0 Å².